The molecule has 180 valence electrons. The zero-order valence-corrected chi connectivity index (χ0v) is 19.6. The summed E-state index contributed by atoms with van der Waals surface area (Å²) in [5, 5.41) is 7.38. The fraction of sp³-hybridized carbons (Fsp3) is 0.269. The average molecular weight is 469 g/mol. The molecule has 3 rings (SSSR count). The number of hydrogen-bond donors (Lipinski definition) is 2. The molecular formula is C26H30F2N4O2. The number of pyridine rings is 1. The molecule has 1 aromatic heterocycles. The van der Waals surface area contributed by atoms with E-state index < -0.39 is 11.6 Å². The second-order valence-electron chi connectivity index (χ2n) is 7.67. The number of rotatable bonds is 7. The Hall–Kier alpha value is -3.81. The molecule has 0 fully saturated rings. The van der Waals surface area contributed by atoms with Crippen molar-refractivity contribution in [1.82, 2.24) is 15.2 Å². The highest BCUT2D eigenvalue weighted by Gasteiger charge is 2.17. The summed E-state index contributed by atoms with van der Waals surface area (Å²) in [7, 11) is 1.68. The molecule has 0 bridgehead atoms. The number of aromatic nitrogens is 1. The second-order valence-corrected chi connectivity index (χ2v) is 7.67. The van der Waals surface area contributed by atoms with Crippen molar-refractivity contribution >= 4 is 28.5 Å². The Morgan fingerprint density at radius 1 is 1.15 bits per heavy atom. The largest absolute Gasteiger partial charge is 0.334 e. The van der Waals surface area contributed by atoms with Crippen molar-refractivity contribution in [2.24, 2.45) is 0 Å². The molecule has 1 atom stereocenters. The molecule has 1 heterocycles. The fourth-order valence-electron chi connectivity index (χ4n) is 3.27. The minimum atomic E-state index is -0.923. The monoisotopic (exact) mass is 468 g/mol. The van der Waals surface area contributed by atoms with Gasteiger partial charge in [-0.3, -0.25) is 4.79 Å². The number of hydrogen-bond acceptors (Lipinski definition) is 3. The van der Waals surface area contributed by atoms with Crippen LogP contribution in [-0.2, 0) is 11.3 Å². The molecule has 0 spiro atoms. The van der Waals surface area contributed by atoms with Crippen LogP contribution in [0.25, 0.3) is 10.8 Å². The molecule has 2 N–H and O–H groups in total. The van der Waals surface area contributed by atoms with Crippen LogP contribution in [0.3, 0.4) is 0 Å². The van der Waals surface area contributed by atoms with Gasteiger partial charge in [-0.15, -0.1) is 6.58 Å². The highest BCUT2D eigenvalue weighted by molar-refractivity contribution is 5.91. The quantitative estimate of drug-likeness (QED) is 0.440. The number of benzene rings is 2. The number of nitrogens with zero attached hydrogens (tertiary/aromatic N) is 2. The van der Waals surface area contributed by atoms with E-state index in [0.717, 1.165) is 23.3 Å². The summed E-state index contributed by atoms with van der Waals surface area (Å²) < 4.78 is 26.5. The van der Waals surface area contributed by atoms with Gasteiger partial charge in [0, 0.05) is 43.7 Å². The van der Waals surface area contributed by atoms with Crippen LogP contribution >= 0.6 is 0 Å². The van der Waals surface area contributed by atoms with Crippen molar-refractivity contribution in [3.05, 3.63) is 84.6 Å². The average Bonchev–Trinajstić information content (AvgIpc) is 2.82. The molecule has 3 aromatic rings. The summed E-state index contributed by atoms with van der Waals surface area (Å²) in [5.74, 6) is -1.35. The highest BCUT2D eigenvalue weighted by Crippen LogP contribution is 2.16. The number of carbonyl (C=O) groups excluding carboxylic acids is 2. The maximum atomic E-state index is 13.4. The van der Waals surface area contributed by atoms with Gasteiger partial charge in [0.1, 0.15) is 5.82 Å². The first-order chi connectivity index (χ1) is 16.3. The molecule has 8 heteroatoms. The molecule has 0 saturated carbocycles. The van der Waals surface area contributed by atoms with Crippen LogP contribution in [0.15, 0.2) is 67.4 Å². The lowest BCUT2D eigenvalue weighted by atomic mass is 10.1. The van der Waals surface area contributed by atoms with Gasteiger partial charge >= 0.3 is 6.03 Å². The molecule has 34 heavy (non-hydrogen) atoms. The van der Waals surface area contributed by atoms with Crippen molar-refractivity contribution < 1.29 is 18.4 Å². The number of amides is 3. The van der Waals surface area contributed by atoms with Crippen molar-refractivity contribution in [3.8, 4) is 0 Å². The first-order valence-electron chi connectivity index (χ1n) is 10.9. The van der Waals surface area contributed by atoms with E-state index in [1.54, 1.807) is 24.2 Å². The van der Waals surface area contributed by atoms with Gasteiger partial charge in [-0.25, -0.2) is 18.6 Å². The lowest BCUT2D eigenvalue weighted by Gasteiger charge is -2.26. The number of carbonyl (C=O) groups is 2. The van der Waals surface area contributed by atoms with Crippen LogP contribution < -0.4 is 10.6 Å². The molecule has 0 aliphatic rings. The Balaban J connectivity index is 0.000000254. The van der Waals surface area contributed by atoms with Crippen molar-refractivity contribution in [2.75, 3.05) is 12.4 Å². The Labute approximate surface area is 198 Å². The first kappa shape index (κ1) is 26.4. The second kappa shape index (κ2) is 13.0. The minimum Gasteiger partial charge on any atom is -0.334 e. The third-order valence-corrected chi connectivity index (χ3v) is 5.17. The van der Waals surface area contributed by atoms with Crippen molar-refractivity contribution in [1.29, 1.82) is 0 Å². The summed E-state index contributed by atoms with van der Waals surface area (Å²) in [4.78, 5) is 28.4. The zero-order valence-electron chi connectivity index (χ0n) is 19.6. The predicted octanol–water partition coefficient (Wildman–Crippen LogP) is 5.65. The van der Waals surface area contributed by atoms with Gasteiger partial charge < -0.3 is 15.5 Å². The van der Waals surface area contributed by atoms with Crippen LogP contribution in [0.1, 0.15) is 32.3 Å². The highest BCUT2D eigenvalue weighted by atomic mass is 19.2. The first-order valence-corrected chi connectivity index (χ1v) is 10.9. The summed E-state index contributed by atoms with van der Waals surface area (Å²) in [6.45, 7) is 7.06. The third kappa shape index (κ3) is 7.65. The smallest absolute Gasteiger partial charge is 0.317 e. The zero-order chi connectivity index (χ0) is 25.1. The topological polar surface area (TPSA) is 74.3 Å². The minimum absolute atomic E-state index is 0.0444. The molecule has 0 aliphatic heterocycles. The number of anilines is 1. The van der Waals surface area contributed by atoms with E-state index in [1.807, 2.05) is 37.3 Å². The lowest BCUT2D eigenvalue weighted by molar-refractivity contribution is -0.114. The van der Waals surface area contributed by atoms with Gasteiger partial charge in [-0.05, 0) is 30.4 Å². The molecule has 0 saturated heterocycles. The number of nitrogens with one attached hydrogen (secondary N) is 2. The van der Waals surface area contributed by atoms with Gasteiger partial charge in [-0.1, -0.05) is 49.4 Å². The van der Waals surface area contributed by atoms with E-state index >= 15 is 0 Å². The number of fused-ring (bicyclic) bond motifs is 1. The summed E-state index contributed by atoms with van der Waals surface area (Å²) in [6.07, 6.45) is 4.99. The van der Waals surface area contributed by atoms with Gasteiger partial charge in [0.15, 0.2) is 11.6 Å². The Kier molecular flexibility index (Phi) is 10.1. The van der Waals surface area contributed by atoms with E-state index in [0.29, 0.717) is 12.2 Å². The Morgan fingerprint density at radius 2 is 1.85 bits per heavy atom. The van der Waals surface area contributed by atoms with Crippen molar-refractivity contribution in [2.45, 2.75) is 39.3 Å². The van der Waals surface area contributed by atoms with Crippen molar-refractivity contribution in [3.63, 3.8) is 0 Å². The van der Waals surface area contributed by atoms with E-state index in [9.17, 15) is 18.4 Å². The Morgan fingerprint density at radius 3 is 2.50 bits per heavy atom. The molecule has 0 aliphatic carbocycles. The lowest BCUT2D eigenvalue weighted by Crippen LogP contribution is -2.43. The van der Waals surface area contributed by atoms with Gasteiger partial charge in [0.25, 0.3) is 0 Å². The molecular weight excluding hydrogens is 438 g/mol. The van der Waals surface area contributed by atoms with Gasteiger partial charge in [0.05, 0.1) is 0 Å². The molecule has 3 amide bonds. The SMILES string of the molecule is C=CCC(CC)N(C)C(=O)NCc1cccc(F)c1F.CC(=O)Nc1cc2ccccc2cn1. The number of halogens is 2. The van der Waals surface area contributed by atoms with Crippen LogP contribution in [0.4, 0.5) is 19.4 Å². The van der Waals surface area contributed by atoms with Crippen LogP contribution in [0.5, 0.6) is 0 Å². The van der Waals surface area contributed by atoms with Gasteiger partial charge in [0.2, 0.25) is 5.91 Å². The summed E-state index contributed by atoms with van der Waals surface area (Å²) in [5.41, 5.74) is 0.128. The third-order valence-electron chi connectivity index (χ3n) is 5.17. The van der Waals surface area contributed by atoms with E-state index in [-0.39, 0.29) is 30.1 Å². The van der Waals surface area contributed by atoms with E-state index in [1.165, 1.54) is 19.1 Å². The summed E-state index contributed by atoms with van der Waals surface area (Å²) >= 11 is 0. The van der Waals surface area contributed by atoms with Crippen LogP contribution in [0.2, 0.25) is 0 Å². The maximum absolute atomic E-state index is 13.4. The standard InChI is InChI=1S/C15H20F2N2O.C11H10N2O/c1-4-7-12(5-2)19(3)15(20)18-10-11-8-6-9-13(16)14(11)17;1-8(14)13-11-6-9-4-2-3-5-10(9)7-12-11/h4,6,8-9,12H,1,5,7,10H2,2-3H3,(H,18,20);2-7H,1H3,(H,12,13,14). The normalized spacial score (nSPS) is 11.1. The van der Waals surface area contributed by atoms with Crippen LogP contribution in [-0.4, -0.2) is 34.9 Å². The fourth-order valence-corrected chi connectivity index (χ4v) is 3.27. The molecule has 0 radical (unpaired) electrons. The number of urea groups is 1. The maximum Gasteiger partial charge on any atom is 0.317 e. The van der Waals surface area contributed by atoms with Gasteiger partial charge in [-0.2, -0.15) is 0 Å². The van der Waals surface area contributed by atoms with E-state index in [2.05, 4.69) is 22.2 Å². The molecule has 2 aromatic carbocycles. The molecule has 6 nitrogen and oxygen atoms in total. The van der Waals surface area contributed by atoms with E-state index in [4.69, 9.17) is 0 Å². The summed E-state index contributed by atoms with van der Waals surface area (Å²) in [6, 6.07) is 13.4. The Bertz CT molecular complexity index is 1140. The predicted molar refractivity (Wildman–Crippen MR) is 131 cm³/mol. The van der Waals surface area contributed by atoms with Crippen LogP contribution in [0, 0.1) is 11.6 Å². The molecule has 1 unspecified atom stereocenters.